The lowest BCUT2D eigenvalue weighted by molar-refractivity contribution is 0.628. The second-order valence-corrected chi connectivity index (χ2v) is 6.39. The molecule has 3 nitrogen and oxygen atoms in total. The van der Waals surface area contributed by atoms with Crippen molar-refractivity contribution in [3.05, 3.63) is 64.9 Å². The molecule has 1 aromatic heterocycles. The van der Waals surface area contributed by atoms with Crippen LogP contribution in [0.25, 0.3) is 16.9 Å². The highest BCUT2D eigenvalue weighted by molar-refractivity contribution is 6.30. The largest absolute Gasteiger partial charge is 0.370 e. The number of rotatable bonds is 2. The van der Waals surface area contributed by atoms with Crippen LogP contribution in [0, 0.1) is 5.82 Å². The van der Waals surface area contributed by atoms with E-state index >= 15 is 0 Å². The zero-order chi connectivity index (χ0) is 16.5. The third-order valence-corrected chi connectivity index (χ3v) is 4.57. The Balaban J connectivity index is 1.88. The van der Waals surface area contributed by atoms with E-state index in [1.165, 1.54) is 17.7 Å². The first kappa shape index (κ1) is 15.2. The van der Waals surface area contributed by atoms with Gasteiger partial charge in [0.25, 0.3) is 0 Å². The van der Waals surface area contributed by atoms with Gasteiger partial charge in [0.1, 0.15) is 11.6 Å². The molecule has 0 radical (unpaired) electrons. The minimum atomic E-state index is -0.236. The van der Waals surface area contributed by atoms with Crippen LogP contribution in [-0.2, 0) is 6.42 Å². The van der Waals surface area contributed by atoms with Crippen molar-refractivity contribution in [2.75, 3.05) is 11.9 Å². The molecule has 122 valence electrons. The number of halogens is 2. The lowest BCUT2D eigenvalue weighted by Crippen LogP contribution is -2.07. The van der Waals surface area contributed by atoms with E-state index < -0.39 is 0 Å². The van der Waals surface area contributed by atoms with Crippen molar-refractivity contribution < 1.29 is 4.39 Å². The normalized spacial score (nSPS) is 13.9. The van der Waals surface area contributed by atoms with Gasteiger partial charge in [0.2, 0.25) is 0 Å². The number of fused-ring (bicyclic) bond motifs is 1. The van der Waals surface area contributed by atoms with Gasteiger partial charge in [-0.15, -0.1) is 0 Å². The molecule has 0 fully saturated rings. The summed E-state index contributed by atoms with van der Waals surface area (Å²) in [6.45, 7) is 0.926. The van der Waals surface area contributed by atoms with Crippen molar-refractivity contribution in [3.63, 3.8) is 0 Å². The summed E-state index contributed by atoms with van der Waals surface area (Å²) in [5, 5.41) is 9.02. The molecule has 0 spiro atoms. The van der Waals surface area contributed by atoms with Gasteiger partial charge in [0, 0.05) is 22.7 Å². The Bertz CT molecular complexity index is 784. The predicted octanol–water partition coefficient (Wildman–Crippen LogP) is 5.08. The topological polar surface area (TPSA) is 29.9 Å². The Labute approximate surface area is 145 Å². The van der Waals surface area contributed by atoms with Crippen molar-refractivity contribution in [1.29, 1.82) is 0 Å². The maximum atomic E-state index is 13.3. The molecule has 0 saturated carbocycles. The summed E-state index contributed by atoms with van der Waals surface area (Å²) in [5.41, 5.74) is 3.99. The average Bonchev–Trinajstić information content (AvgIpc) is 2.78. The first-order valence-electron chi connectivity index (χ1n) is 8.10. The van der Waals surface area contributed by atoms with Gasteiger partial charge in [-0.3, -0.25) is 0 Å². The Morgan fingerprint density at radius 2 is 1.75 bits per heavy atom. The smallest absolute Gasteiger partial charge is 0.133 e. The molecule has 3 aromatic rings. The lowest BCUT2D eigenvalue weighted by atomic mass is 10.0. The van der Waals surface area contributed by atoms with Crippen LogP contribution < -0.4 is 5.32 Å². The maximum absolute atomic E-state index is 13.3. The quantitative estimate of drug-likeness (QED) is 0.704. The first-order chi connectivity index (χ1) is 11.7. The molecule has 1 aliphatic heterocycles. The second-order valence-electron chi connectivity index (χ2n) is 5.95. The zero-order valence-electron chi connectivity index (χ0n) is 13.1. The van der Waals surface area contributed by atoms with Gasteiger partial charge in [-0.05, 0) is 67.8 Å². The molecule has 5 heteroatoms. The summed E-state index contributed by atoms with van der Waals surface area (Å²) in [6, 6.07) is 14.2. The van der Waals surface area contributed by atoms with Crippen molar-refractivity contribution >= 4 is 17.4 Å². The van der Waals surface area contributed by atoms with Gasteiger partial charge in [-0.2, -0.15) is 5.10 Å². The number of hydrogen-bond donors (Lipinski definition) is 1. The Hall–Kier alpha value is -2.33. The minimum Gasteiger partial charge on any atom is -0.370 e. The summed E-state index contributed by atoms with van der Waals surface area (Å²) in [6.07, 6.45) is 3.20. The van der Waals surface area contributed by atoms with Crippen LogP contribution in [0.5, 0.6) is 0 Å². The standard InChI is InChI=1S/C19H17ClFN3/c20-14-6-10-16(11-7-14)24-19-17(3-1-2-12-22-19)18(23-24)13-4-8-15(21)9-5-13/h4-11,22H,1-3,12H2. The van der Waals surface area contributed by atoms with E-state index in [-0.39, 0.29) is 5.82 Å². The van der Waals surface area contributed by atoms with Crippen molar-refractivity contribution in [3.8, 4) is 16.9 Å². The summed E-state index contributed by atoms with van der Waals surface area (Å²) < 4.78 is 15.2. The van der Waals surface area contributed by atoms with Crippen LogP contribution in [0.4, 0.5) is 10.2 Å². The van der Waals surface area contributed by atoms with Crippen LogP contribution in [0.1, 0.15) is 18.4 Å². The van der Waals surface area contributed by atoms with Crippen molar-refractivity contribution in [2.24, 2.45) is 0 Å². The molecular weight excluding hydrogens is 325 g/mol. The summed E-state index contributed by atoms with van der Waals surface area (Å²) in [7, 11) is 0. The zero-order valence-corrected chi connectivity index (χ0v) is 13.9. The van der Waals surface area contributed by atoms with Gasteiger partial charge in [-0.25, -0.2) is 9.07 Å². The average molecular weight is 342 g/mol. The van der Waals surface area contributed by atoms with E-state index in [4.69, 9.17) is 16.7 Å². The SMILES string of the molecule is Fc1ccc(-c2nn(-c3ccc(Cl)cc3)c3c2CCCCN3)cc1. The third-order valence-electron chi connectivity index (χ3n) is 4.32. The first-order valence-corrected chi connectivity index (χ1v) is 8.48. The Kier molecular flexibility index (Phi) is 3.98. The molecule has 2 aromatic carbocycles. The number of nitrogens with one attached hydrogen (secondary N) is 1. The fourth-order valence-corrected chi connectivity index (χ4v) is 3.24. The molecule has 1 aliphatic rings. The van der Waals surface area contributed by atoms with Crippen LogP contribution in [0.3, 0.4) is 0 Å². The van der Waals surface area contributed by atoms with E-state index in [9.17, 15) is 4.39 Å². The summed E-state index contributed by atoms with van der Waals surface area (Å²) >= 11 is 6.00. The highest BCUT2D eigenvalue weighted by Crippen LogP contribution is 2.34. The predicted molar refractivity (Wildman–Crippen MR) is 95.4 cm³/mol. The molecule has 0 aliphatic carbocycles. The molecule has 24 heavy (non-hydrogen) atoms. The third kappa shape index (κ3) is 2.78. The molecule has 0 saturated heterocycles. The lowest BCUT2D eigenvalue weighted by Gasteiger charge is -2.09. The minimum absolute atomic E-state index is 0.236. The second kappa shape index (κ2) is 6.29. The molecule has 4 rings (SSSR count). The number of anilines is 1. The summed E-state index contributed by atoms with van der Waals surface area (Å²) in [4.78, 5) is 0. The fourth-order valence-electron chi connectivity index (χ4n) is 3.11. The molecule has 2 heterocycles. The number of aromatic nitrogens is 2. The maximum Gasteiger partial charge on any atom is 0.133 e. The van der Waals surface area contributed by atoms with Gasteiger partial charge >= 0.3 is 0 Å². The monoisotopic (exact) mass is 341 g/mol. The van der Waals surface area contributed by atoms with Crippen molar-refractivity contribution in [1.82, 2.24) is 9.78 Å². The highest BCUT2D eigenvalue weighted by Gasteiger charge is 2.21. The molecule has 0 unspecified atom stereocenters. The number of nitrogens with zero attached hydrogens (tertiary/aromatic N) is 2. The summed E-state index contributed by atoms with van der Waals surface area (Å²) in [5.74, 6) is 0.786. The molecular formula is C19H17ClFN3. The number of benzene rings is 2. The Morgan fingerprint density at radius 3 is 2.50 bits per heavy atom. The van der Waals surface area contributed by atoms with E-state index in [1.54, 1.807) is 12.1 Å². The van der Waals surface area contributed by atoms with Gasteiger partial charge < -0.3 is 5.32 Å². The van der Waals surface area contributed by atoms with Crippen LogP contribution in [0.15, 0.2) is 48.5 Å². The van der Waals surface area contributed by atoms with E-state index in [0.717, 1.165) is 48.6 Å². The Morgan fingerprint density at radius 1 is 1.00 bits per heavy atom. The van der Waals surface area contributed by atoms with Crippen LogP contribution >= 0.6 is 11.6 Å². The fraction of sp³-hybridized carbons (Fsp3) is 0.211. The van der Waals surface area contributed by atoms with Crippen LogP contribution in [0.2, 0.25) is 5.02 Å². The van der Waals surface area contributed by atoms with Crippen LogP contribution in [-0.4, -0.2) is 16.3 Å². The van der Waals surface area contributed by atoms with Crippen molar-refractivity contribution in [2.45, 2.75) is 19.3 Å². The number of hydrogen-bond acceptors (Lipinski definition) is 2. The van der Waals surface area contributed by atoms with E-state index in [1.807, 2.05) is 28.9 Å². The molecule has 0 bridgehead atoms. The van der Waals surface area contributed by atoms with Gasteiger partial charge in [-0.1, -0.05) is 11.6 Å². The molecule has 1 N–H and O–H groups in total. The van der Waals surface area contributed by atoms with Gasteiger partial charge in [0.05, 0.1) is 11.4 Å². The molecule has 0 amide bonds. The highest BCUT2D eigenvalue weighted by atomic mass is 35.5. The van der Waals surface area contributed by atoms with E-state index in [2.05, 4.69) is 5.32 Å². The van der Waals surface area contributed by atoms with Gasteiger partial charge in [0.15, 0.2) is 0 Å². The van der Waals surface area contributed by atoms with E-state index in [0.29, 0.717) is 5.02 Å². The molecule has 0 atom stereocenters.